The van der Waals surface area contributed by atoms with E-state index in [1.165, 1.54) is 19.3 Å². The van der Waals surface area contributed by atoms with E-state index in [1.807, 2.05) is 37.3 Å². The molecule has 1 aromatic carbocycles. The van der Waals surface area contributed by atoms with Gasteiger partial charge in [-0.25, -0.2) is 0 Å². The molecular weight excluding hydrogens is 379 g/mol. The third-order valence-electron chi connectivity index (χ3n) is 4.00. The Labute approximate surface area is 140 Å². The molecule has 0 saturated carbocycles. The molecule has 2 nitrogen and oxygen atoms in total. The summed E-state index contributed by atoms with van der Waals surface area (Å²) in [6, 6.07) is 9.54. The van der Waals surface area contributed by atoms with Crippen LogP contribution in [0.3, 0.4) is 0 Å². The topological polar surface area (TPSA) is 26.3 Å². The SMILES string of the molecule is CCCCC[C@@H](O[C@H](C)CC(=O)c1ccccc1)[Sn]([CH3])([CH3])[CH3]. The number of carbonyl (C=O) groups excluding carboxylic acids is 1. The fourth-order valence-corrected chi connectivity index (χ4v) is 7.50. The van der Waals surface area contributed by atoms with Gasteiger partial charge in [0.2, 0.25) is 0 Å². The van der Waals surface area contributed by atoms with Crippen LogP contribution in [0.25, 0.3) is 0 Å². The molecule has 1 aromatic rings. The molecule has 0 amide bonds. The van der Waals surface area contributed by atoms with Crippen molar-refractivity contribution in [2.24, 2.45) is 0 Å². The van der Waals surface area contributed by atoms with Crippen molar-refractivity contribution >= 4 is 24.2 Å². The normalized spacial score (nSPS) is 14.6. The van der Waals surface area contributed by atoms with Crippen LogP contribution in [0.4, 0.5) is 0 Å². The van der Waals surface area contributed by atoms with Crippen molar-refractivity contribution in [1.29, 1.82) is 0 Å². The summed E-state index contributed by atoms with van der Waals surface area (Å²) in [6.45, 7) is 4.28. The number of Topliss-reactive ketones (excluding diaryl/α,β-unsaturated/α-hetero) is 1. The standard InChI is InChI=1S/C16H23O2.3CH3.Sn/c1-3-4-5-9-12-18-14(2)13-16(17)15-10-7-6-8-11-15;;;;/h6-8,10-12,14H,3-5,9,13H2,1-2H3;3*1H3;/t14-;;;;/m1..../s1. The third-order valence-corrected chi connectivity index (χ3v) is 10.7. The number of hydrogen-bond acceptors (Lipinski definition) is 2. The van der Waals surface area contributed by atoms with Gasteiger partial charge in [0, 0.05) is 0 Å². The van der Waals surface area contributed by atoms with Crippen LogP contribution in [0.15, 0.2) is 30.3 Å². The summed E-state index contributed by atoms with van der Waals surface area (Å²) in [5, 5.41) is 0. The van der Waals surface area contributed by atoms with E-state index in [0.29, 0.717) is 10.5 Å². The summed E-state index contributed by atoms with van der Waals surface area (Å²) in [7, 11) is 0. The molecule has 0 bridgehead atoms. The summed E-state index contributed by atoms with van der Waals surface area (Å²) < 4.78 is 6.74. The van der Waals surface area contributed by atoms with Crippen molar-refractivity contribution in [3.8, 4) is 0 Å². The predicted molar refractivity (Wildman–Crippen MR) is 97.2 cm³/mol. The van der Waals surface area contributed by atoms with Gasteiger partial charge in [0.1, 0.15) is 0 Å². The van der Waals surface area contributed by atoms with Gasteiger partial charge in [0.15, 0.2) is 0 Å². The van der Waals surface area contributed by atoms with Crippen molar-refractivity contribution < 1.29 is 9.53 Å². The second-order valence-corrected chi connectivity index (χ2v) is 22.6. The van der Waals surface area contributed by atoms with E-state index < -0.39 is 18.4 Å². The van der Waals surface area contributed by atoms with Gasteiger partial charge in [-0.1, -0.05) is 0 Å². The van der Waals surface area contributed by atoms with Crippen molar-refractivity contribution in [2.45, 2.75) is 71.0 Å². The molecule has 0 heterocycles. The zero-order chi connectivity index (χ0) is 16.6. The Morgan fingerprint density at radius 2 is 1.77 bits per heavy atom. The second-order valence-electron chi connectivity index (χ2n) is 7.29. The quantitative estimate of drug-likeness (QED) is 0.289. The number of ether oxygens (including phenoxy) is 1. The fraction of sp³-hybridized carbons (Fsp3) is 0.632. The van der Waals surface area contributed by atoms with Crippen LogP contribution in [-0.4, -0.2) is 34.4 Å². The van der Waals surface area contributed by atoms with Crippen LogP contribution in [0.5, 0.6) is 0 Å². The summed E-state index contributed by atoms with van der Waals surface area (Å²) in [5.41, 5.74) is 0.791. The summed E-state index contributed by atoms with van der Waals surface area (Å²) in [5.74, 6) is 0.185. The van der Waals surface area contributed by atoms with E-state index in [-0.39, 0.29) is 11.9 Å². The van der Waals surface area contributed by atoms with Gasteiger partial charge in [-0.15, -0.1) is 0 Å². The number of unbranched alkanes of at least 4 members (excludes halogenated alkanes) is 2. The maximum atomic E-state index is 12.3. The van der Waals surface area contributed by atoms with Crippen molar-refractivity contribution in [3.05, 3.63) is 35.9 Å². The number of carbonyl (C=O) groups is 1. The number of hydrogen-bond donors (Lipinski definition) is 0. The van der Waals surface area contributed by atoms with Gasteiger partial charge >= 0.3 is 141 Å². The average molecular weight is 411 g/mol. The maximum absolute atomic E-state index is 12.3. The zero-order valence-electron chi connectivity index (χ0n) is 14.9. The zero-order valence-corrected chi connectivity index (χ0v) is 17.7. The van der Waals surface area contributed by atoms with Crippen molar-refractivity contribution in [1.82, 2.24) is 0 Å². The summed E-state index contributed by atoms with van der Waals surface area (Å²) in [4.78, 5) is 19.6. The summed E-state index contributed by atoms with van der Waals surface area (Å²) >= 11 is -2.12. The van der Waals surface area contributed by atoms with Gasteiger partial charge in [-0.05, 0) is 0 Å². The van der Waals surface area contributed by atoms with E-state index in [1.54, 1.807) is 0 Å². The minimum atomic E-state index is -2.12. The van der Waals surface area contributed by atoms with E-state index in [2.05, 4.69) is 21.7 Å². The number of rotatable bonds is 10. The molecule has 0 spiro atoms. The first-order chi connectivity index (χ1) is 10.3. The van der Waals surface area contributed by atoms with E-state index in [4.69, 9.17) is 4.74 Å². The molecule has 0 radical (unpaired) electrons. The van der Waals surface area contributed by atoms with Crippen molar-refractivity contribution in [3.63, 3.8) is 0 Å². The van der Waals surface area contributed by atoms with Crippen LogP contribution in [0, 0.1) is 0 Å². The predicted octanol–water partition coefficient (Wildman–Crippen LogP) is 5.49. The van der Waals surface area contributed by atoms with Crippen LogP contribution in [0.2, 0.25) is 14.8 Å². The molecule has 0 aromatic heterocycles. The number of benzene rings is 1. The van der Waals surface area contributed by atoms with Gasteiger partial charge in [0.25, 0.3) is 0 Å². The molecule has 0 fully saturated rings. The van der Waals surface area contributed by atoms with Crippen LogP contribution < -0.4 is 0 Å². The molecule has 0 saturated heterocycles. The van der Waals surface area contributed by atoms with Gasteiger partial charge in [-0.2, -0.15) is 0 Å². The van der Waals surface area contributed by atoms with Crippen LogP contribution >= 0.6 is 0 Å². The molecule has 0 unspecified atom stereocenters. The monoisotopic (exact) mass is 412 g/mol. The van der Waals surface area contributed by atoms with E-state index in [0.717, 1.165) is 12.0 Å². The Morgan fingerprint density at radius 1 is 1.14 bits per heavy atom. The van der Waals surface area contributed by atoms with E-state index >= 15 is 0 Å². The van der Waals surface area contributed by atoms with Crippen LogP contribution in [0.1, 0.15) is 56.3 Å². The Hall–Kier alpha value is -0.351. The molecule has 0 aliphatic carbocycles. The Balaban J connectivity index is 2.55. The molecule has 3 heteroatoms. The number of ketones is 1. The second kappa shape index (κ2) is 9.71. The van der Waals surface area contributed by atoms with Crippen LogP contribution in [-0.2, 0) is 4.74 Å². The molecule has 0 N–H and O–H groups in total. The first kappa shape index (κ1) is 19.7. The molecule has 0 aliphatic heterocycles. The minimum absolute atomic E-state index is 0.00950. The fourth-order valence-electron chi connectivity index (χ4n) is 2.62. The van der Waals surface area contributed by atoms with E-state index in [9.17, 15) is 4.79 Å². The first-order valence-electron chi connectivity index (χ1n) is 8.58. The van der Waals surface area contributed by atoms with Gasteiger partial charge in [-0.3, -0.25) is 0 Å². The molecule has 0 aliphatic rings. The molecule has 1 rings (SSSR count). The van der Waals surface area contributed by atoms with Crippen molar-refractivity contribution in [2.75, 3.05) is 0 Å². The first-order valence-corrected chi connectivity index (χ1v) is 18.8. The Bertz CT molecular complexity index is 436. The third kappa shape index (κ3) is 7.27. The Morgan fingerprint density at radius 3 is 2.32 bits per heavy atom. The molecule has 124 valence electrons. The average Bonchev–Trinajstić information content (AvgIpc) is 2.46. The molecular formula is C19H32O2Sn. The molecule has 22 heavy (non-hydrogen) atoms. The molecule has 2 atom stereocenters. The van der Waals surface area contributed by atoms with Gasteiger partial charge in [0.05, 0.1) is 0 Å². The van der Waals surface area contributed by atoms with Gasteiger partial charge < -0.3 is 0 Å². The Kier molecular flexibility index (Phi) is 8.70. The summed E-state index contributed by atoms with van der Waals surface area (Å²) in [6.07, 6.45) is 5.42.